The number of carbonyl (C=O) groups is 9. The molecule has 10 aliphatic carbocycles. The van der Waals surface area contributed by atoms with E-state index in [1.807, 2.05) is 13.8 Å². The van der Waals surface area contributed by atoms with Gasteiger partial charge in [-0.3, -0.25) is 43.2 Å². The minimum atomic E-state index is -1.08. The second kappa shape index (κ2) is 36.1. The predicted molar refractivity (Wildman–Crippen MR) is 482 cm³/mol. The monoisotopic (exact) mass is 1890 g/mol. The zero-order valence-corrected chi connectivity index (χ0v) is 85.3. The van der Waals surface area contributed by atoms with Crippen LogP contribution in [0.4, 0.5) is 0 Å². The van der Waals surface area contributed by atoms with Crippen molar-refractivity contribution in [2.75, 3.05) is 26.4 Å². The molecular formula is C104H162O30. The van der Waals surface area contributed by atoms with Crippen molar-refractivity contribution in [3.63, 3.8) is 0 Å². The fourth-order valence-electron chi connectivity index (χ4n) is 32.8. The number of aliphatic hydroxyl groups excluding tert-OH is 1. The summed E-state index contributed by atoms with van der Waals surface area (Å²) in [5, 5.41) is 34.6. The Morgan fingerprint density at radius 3 is 1.14 bits per heavy atom. The third kappa shape index (κ3) is 17.3. The Balaban J connectivity index is 0.000000204. The molecule has 0 radical (unpaired) electrons. The van der Waals surface area contributed by atoms with Gasteiger partial charge in [0.1, 0.15) is 43.4 Å². The van der Waals surface area contributed by atoms with Gasteiger partial charge in [-0.2, -0.15) is 0 Å². The molecular weight excluding hydrogens is 1730 g/mol. The zero-order chi connectivity index (χ0) is 98.4. The maximum atomic E-state index is 14.9. The first-order chi connectivity index (χ1) is 62.1. The lowest BCUT2D eigenvalue weighted by Crippen LogP contribution is -2.65. The molecule has 41 atom stereocenters. The molecule has 0 aromatic carbocycles. The van der Waals surface area contributed by atoms with Crippen molar-refractivity contribution in [2.45, 2.75) is 449 Å². The van der Waals surface area contributed by atoms with Crippen LogP contribution in [0.1, 0.15) is 309 Å². The van der Waals surface area contributed by atoms with Crippen LogP contribution >= 0.6 is 0 Å². The van der Waals surface area contributed by atoms with Crippen molar-refractivity contribution < 1.29 is 144 Å². The Morgan fingerprint density at radius 1 is 0.396 bits per heavy atom. The van der Waals surface area contributed by atoms with Crippen molar-refractivity contribution in [2.24, 2.45) is 125 Å². The Morgan fingerprint density at radius 2 is 0.761 bits per heavy atom. The van der Waals surface area contributed by atoms with Gasteiger partial charge in [-0.1, -0.05) is 96.9 Å². The van der Waals surface area contributed by atoms with Gasteiger partial charge in [0.25, 0.3) is 0 Å². The molecule has 758 valence electrons. The summed E-state index contributed by atoms with van der Waals surface area (Å²) < 4.78 is 115. The average molecular weight is 1890 g/mol. The Labute approximate surface area is 793 Å². The third-order valence-corrected chi connectivity index (χ3v) is 39.4. The lowest BCUT2D eigenvalue weighted by Gasteiger charge is -2.65. The number of ketones is 1. The summed E-state index contributed by atoms with van der Waals surface area (Å²) in [7, 11) is 0. The highest BCUT2D eigenvalue weighted by Crippen LogP contribution is 2.92. The molecule has 6 aliphatic heterocycles. The smallest absolute Gasteiger partial charge is 0.303 e. The second-order valence-electron chi connectivity index (χ2n) is 49.0. The van der Waals surface area contributed by atoms with Crippen LogP contribution in [0.15, 0.2) is 0 Å². The fourth-order valence-corrected chi connectivity index (χ4v) is 32.8. The van der Waals surface area contributed by atoms with Gasteiger partial charge in [0.2, 0.25) is 0 Å². The molecule has 10 saturated carbocycles. The minimum absolute atomic E-state index is 0.0119. The molecule has 4 spiro atoms. The number of aliphatic hydroxyl groups is 3. The van der Waals surface area contributed by atoms with Crippen LogP contribution in [0, 0.1) is 125 Å². The number of hydrogen-bond acceptors (Lipinski definition) is 30. The molecule has 30 nitrogen and oxygen atoms in total. The highest BCUT2D eigenvalue weighted by atomic mass is 16.7. The third-order valence-electron chi connectivity index (χ3n) is 39.4. The maximum Gasteiger partial charge on any atom is 0.303 e. The molecule has 6 saturated heterocycles. The van der Waals surface area contributed by atoms with E-state index in [0.717, 1.165) is 77.0 Å². The van der Waals surface area contributed by atoms with Gasteiger partial charge in [0, 0.05) is 91.4 Å². The molecule has 16 fully saturated rings. The second-order valence-corrected chi connectivity index (χ2v) is 49.0. The highest BCUT2D eigenvalue weighted by Gasteiger charge is 2.88. The maximum absolute atomic E-state index is 14.9. The molecule has 0 bridgehead atoms. The molecule has 134 heavy (non-hydrogen) atoms. The molecule has 16 rings (SSSR count). The molecule has 6 heterocycles. The van der Waals surface area contributed by atoms with Crippen LogP contribution in [0.3, 0.4) is 0 Å². The van der Waals surface area contributed by atoms with Crippen LogP contribution in [0.25, 0.3) is 0 Å². The van der Waals surface area contributed by atoms with Gasteiger partial charge < -0.3 is 101 Å². The van der Waals surface area contributed by atoms with Crippen LogP contribution in [-0.4, -0.2) is 234 Å². The van der Waals surface area contributed by atoms with Crippen molar-refractivity contribution in [3.05, 3.63) is 0 Å². The van der Waals surface area contributed by atoms with Crippen LogP contribution in [-0.2, 0) is 128 Å². The number of hydrogen-bond donors (Lipinski definition) is 3. The quantitative estimate of drug-likeness (QED) is 0.0515. The first-order valence-corrected chi connectivity index (χ1v) is 50.6. The lowest BCUT2D eigenvalue weighted by molar-refractivity contribution is -0.329. The van der Waals surface area contributed by atoms with E-state index in [2.05, 4.69) is 96.9 Å². The lowest BCUT2D eigenvalue weighted by atomic mass is 9.41. The van der Waals surface area contributed by atoms with Gasteiger partial charge in [0.05, 0.1) is 84.3 Å². The van der Waals surface area contributed by atoms with Gasteiger partial charge in [0.15, 0.2) is 49.6 Å². The van der Waals surface area contributed by atoms with Gasteiger partial charge in [-0.15, -0.1) is 0 Å². The van der Waals surface area contributed by atoms with E-state index in [0.29, 0.717) is 51.7 Å². The first-order valence-electron chi connectivity index (χ1n) is 50.6. The molecule has 0 aromatic heterocycles. The predicted octanol–water partition coefficient (Wildman–Crippen LogP) is 13.9. The summed E-state index contributed by atoms with van der Waals surface area (Å²) in [6.07, 6.45) is 0.695. The number of Topliss-reactive ketones (excluding diaryl/α,β-unsaturated/α-hetero) is 1. The fraction of sp³-hybridized carbons (Fsp3) is 0.913. The Kier molecular flexibility index (Phi) is 27.8. The van der Waals surface area contributed by atoms with E-state index in [9.17, 15) is 58.5 Å². The van der Waals surface area contributed by atoms with E-state index < -0.39 is 184 Å². The van der Waals surface area contributed by atoms with Gasteiger partial charge in [-0.25, -0.2) is 0 Å². The number of carbonyl (C=O) groups excluding carboxylic acids is 9. The Bertz CT molecular complexity index is 4420. The summed E-state index contributed by atoms with van der Waals surface area (Å²) in [5.41, 5.74) is -6.29. The number of ether oxygens (including phenoxy) is 18. The molecule has 16 aliphatic rings. The molecule has 3 N–H and O–H groups in total. The molecule has 4 unspecified atom stereocenters. The molecule has 0 amide bonds. The van der Waals surface area contributed by atoms with Gasteiger partial charge >= 0.3 is 47.8 Å². The summed E-state index contributed by atoms with van der Waals surface area (Å²) in [6, 6.07) is 0. The van der Waals surface area contributed by atoms with E-state index in [4.69, 9.17) is 85.3 Å². The van der Waals surface area contributed by atoms with Crippen molar-refractivity contribution in [1.29, 1.82) is 0 Å². The molecule has 0 aromatic rings. The van der Waals surface area contributed by atoms with E-state index in [1.54, 1.807) is 27.7 Å². The van der Waals surface area contributed by atoms with E-state index in [-0.39, 0.29) is 147 Å². The van der Waals surface area contributed by atoms with Crippen molar-refractivity contribution >= 4 is 53.5 Å². The highest BCUT2D eigenvalue weighted by molar-refractivity contribution is 5.87. The number of rotatable bonds is 22. The van der Waals surface area contributed by atoms with Crippen molar-refractivity contribution in [1.82, 2.24) is 0 Å². The van der Waals surface area contributed by atoms with Crippen LogP contribution < -0.4 is 0 Å². The number of esters is 8. The van der Waals surface area contributed by atoms with E-state index >= 15 is 0 Å². The summed E-state index contributed by atoms with van der Waals surface area (Å²) >= 11 is 0. The largest absolute Gasteiger partial charge is 0.463 e. The number of fused-ring (bicyclic) bond motifs is 4. The average Bonchev–Trinajstić information content (AvgIpc) is 1.46. The Hall–Kier alpha value is -5.09. The molecule has 30 heteroatoms. The SMILES string of the molecule is CC(=O)OC[C@H]1OC(O[C@H]2C[C@@H]3[C@]4(CC[C@]5(C)[C@@H]([C@@]6(C)CC[C@@H](C(C)(C)O)O6)C(=O)C[C@@]35C)C[C@@]43CC[C@H](OC4OC[C@@H](C)[C@H](C)[C@H]4OC(C)=O)C(C)(C)[C@H]23)[C@H](C)[C@@H](OC(C)=O)[C@@H]1OC(C)=O.CC(=O)OC[C@H]1OC(O[C@H]2C[C@@H]3[C@]4(CC[C@]5(C)[C@@H]([C@@]6(C)CC[C@@H](C(C)(C)O)O6)[C@@H](O)C[C@@]35C)C[C@@]43CC[C@H](OC4OC[C@@H](C)[C@H](C)[C@H]4OC(C)=O)C(C)(C)[C@H]23)[C@H](C)[C@@H](OC(C)=O)[C@@H]1OC(C)=O. The van der Waals surface area contributed by atoms with E-state index in [1.165, 1.54) is 55.4 Å². The van der Waals surface area contributed by atoms with Crippen molar-refractivity contribution in [3.8, 4) is 0 Å². The summed E-state index contributed by atoms with van der Waals surface area (Å²) in [6.45, 7) is 53.0. The van der Waals surface area contributed by atoms with Crippen LogP contribution in [0.5, 0.6) is 0 Å². The zero-order valence-electron chi connectivity index (χ0n) is 85.3. The topological polar surface area (TPSA) is 380 Å². The van der Waals surface area contributed by atoms with Gasteiger partial charge in [-0.05, 0) is 240 Å². The summed E-state index contributed by atoms with van der Waals surface area (Å²) in [4.78, 5) is 115. The standard InChI is InChI=1S/C52H82O15.C52H80O15/c2*1-26-23-60-45(40(27(26)2)62-31(6)55)66-37-16-18-52-25-51(52)20-19-48(12)42(50(14)17-15-38(67-50)47(10,11)58)33(57)22-49(48,13)36(51)21-34(43(52)46(37,8)9)64-44-28(3)39(61-30(5)54)41(63-32(7)56)35(65-44)24-59-29(4)53/h26-28,33-45,57-58H,15-25H2,1-14H3;26-28,34-45,58H,15-25H2,1-14H3/t26-,27+,28-,33+,34+,35-,36+,37+,38+,39-,40-,41-,42+,43+,44?,45?,48-,49+,50-,51+,52-;26-,27+,28-,34+,35-,36+,37+,38+,39-,40-,41-,42+,43+,44?,45?,48-,49+,50-,51+,52-/m11/s1. The minimum Gasteiger partial charge on any atom is -0.463 e. The summed E-state index contributed by atoms with van der Waals surface area (Å²) in [5.74, 6) is -5.24. The van der Waals surface area contributed by atoms with Crippen LogP contribution in [0.2, 0.25) is 0 Å². The normalized spacial score (nSPS) is 49.3. The first kappa shape index (κ1) is 103.